The van der Waals surface area contributed by atoms with E-state index < -0.39 is 0 Å². The first-order chi connectivity index (χ1) is 7.85. The van der Waals surface area contributed by atoms with Gasteiger partial charge in [0, 0.05) is 40.9 Å². The summed E-state index contributed by atoms with van der Waals surface area (Å²) < 4.78 is 0. The van der Waals surface area contributed by atoms with Gasteiger partial charge in [0.15, 0.2) is 0 Å². The van der Waals surface area contributed by atoms with Crippen LogP contribution in [-0.2, 0) is 6.42 Å². The van der Waals surface area contributed by atoms with Gasteiger partial charge >= 0.3 is 0 Å². The fourth-order valence-electron chi connectivity index (χ4n) is 2.10. The van der Waals surface area contributed by atoms with Crippen LogP contribution in [-0.4, -0.2) is 36.0 Å². The Morgan fingerprint density at radius 3 is 2.69 bits per heavy atom. The van der Waals surface area contributed by atoms with Crippen molar-refractivity contribution in [2.24, 2.45) is 5.73 Å². The van der Waals surface area contributed by atoms with E-state index in [4.69, 9.17) is 5.73 Å². The Hall–Kier alpha value is -0.0300. The summed E-state index contributed by atoms with van der Waals surface area (Å²) in [5.74, 6) is 2.50. The van der Waals surface area contributed by atoms with Crippen molar-refractivity contribution in [1.29, 1.82) is 0 Å². The molecule has 0 saturated carbocycles. The molecule has 0 aliphatic carbocycles. The molecule has 0 spiro atoms. The lowest BCUT2D eigenvalue weighted by Crippen LogP contribution is -2.39. The van der Waals surface area contributed by atoms with Crippen LogP contribution >= 0.6 is 23.1 Å². The molecule has 16 heavy (non-hydrogen) atoms. The molecule has 0 aromatic carbocycles. The van der Waals surface area contributed by atoms with Gasteiger partial charge in [0.2, 0.25) is 0 Å². The van der Waals surface area contributed by atoms with E-state index in [0.717, 1.165) is 13.0 Å². The van der Waals surface area contributed by atoms with Gasteiger partial charge in [-0.05, 0) is 18.6 Å². The van der Waals surface area contributed by atoms with Gasteiger partial charge in [-0.15, -0.1) is 11.3 Å². The highest BCUT2D eigenvalue weighted by Gasteiger charge is 2.22. The van der Waals surface area contributed by atoms with Crippen molar-refractivity contribution < 1.29 is 0 Å². The molecule has 1 aliphatic rings. The molecular weight excluding hydrogens is 236 g/mol. The Morgan fingerprint density at radius 1 is 1.38 bits per heavy atom. The van der Waals surface area contributed by atoms with Gasteiger partial charge in [-0.25, -0.2) is 0 Å². The molecule has 1 atom stereocenters. The number of thiophene rings is 1. The van der Waals surface area contributed by atoms with E-state index in [1.54, 1.807) is 0 Å². The highest BCUT2D eigenvalue weighted by molar-refractivity contribution is 7.99. The molecule has 90 valence electrons. The van der Waals surface area contributed by atoms with E-state index in [9.17, 15) is 0 Å². The smallest absolute Gasteiger partial charge is 0.0564 e. The fourth-order valence-corrected chi connectivity index (χ4v) is 4.13. The Morgan fingerprint density at radius 2 is 2.12 bits per heavy atom. The minimum absolute atomic E-state index is 0.450. The van der Waals surface area contributed by atoms with Crippen LogP contribution in [0, 0.1) is 0 Å². The Kier molecular flexibility index (Phi) is 4.70. The zero-order valence-electron chi connectivity index (χ0n) is 9.82. The van der Waals surface area contributed by atoms with E-state index in [1.807, 2.05) is 11.3 Å². The molecule has 0 radical (unpaired) electrons. The highest BCUT2D eigenvalue weighted by Crippen LogP contribution is 2.29. The number of nitrogens with two attached hydrogens (primary N) is 1. The molecule has 2 nitrogen and oxygen atoms in total. The first kappa shape index (κ1) is 12.4. The van der Waals surface area contributed by atoms with Crippen LogP contribution in [0.4, 0.5) is 0 Å². The van der Waals surface area contributed by atoms with Crippen LogP contribution in [0.5, 0.6) is 0 Å². The molecule has 0 amide bonds. The van der Waals surface area contributed by atoms with Crippen LogP contribution in [0.25, 0.3) is 0 Å². The minimum atomic E-state index is 0.450. The molecule has 1 aromatic rings. The van der Waals surface area contributed by atoms with Crippen molar-refractivity contribution in [3.05, 3.63) is 21.9 Å². The lowest BCUT2D eigenvalue weighted by atomic mass is 10.2. The minimum Gasteiger partial charge on any atom is -0.329 e. The van der Waals surface area contributed by atoms with Gasteiger partial charge < -0.3 is 5.73 Å². The maximum absolute atomic E-state index is 5.94. The Labute approximate surface area is 106 Å². The fraction of sp³-hybridized carbons (Fsp3) is 0.667. The molecule has 2 rings (SSSR count). The predicted octanol–water partition coefficient (Wildman–Crippen LogP) is 2.36. The lowest BCUT2D eigenvalue weighted by molar-refractivity contribution is 0.226. The lowest BCUT2D eigenvalue weighted by Gasteiger charge is -2.33. The summed E-state index contributed by atoms with van der Waals surface area (Å²) in [6.45, 7) is 5.33. The average molecular weight is 256 g/mol. The molecule has 2 heterocycles. The predicted molar refractivity (Wildman–Crippen MR) is 74.4 cm³/mol. The van der Waals surface area contributed by atoms with Crippen LogP contribution in [0.2, 0.25) is 0 Å². The average Bonchev–Trinajstić information content (AvgIpc) is 2.80. The summed E-state index contributed by atoms with van der Waals surface area (Å²) in [7, 11) is 0. The molecule has 4 heteroatoms. The maximum atomic E-state index is 5.94. The molecule has 1 fully saturated rings. The van der Waals surface area contributed by atoms with Crippen molar-refractivity contribution in [1.82, 2.24) is 4.90 Å². The van der Waals surface area contributed by atoms with Crippen molar-refractivity contribution in [2.75, 3.05) is 31.1 Å². The summed E-state index contributed by atoms with van der Waals surface area (Å²) >= 11 is 3.98. The van der Waals surface area contributed by atoms with E-state index in [1.165, 1.54) is 34.3 Å². The molecule has 0 bridgehead atoms. The number of aryl methyl sites for hydroxylation is 1. The Balaban J connectivity index is 2.08. The molecule has 1 aromatic heterocycles. The standard InChI is InChI=1S/C12H20N2S2/c1-2-10-3-4-12(16-10)11(9-13)14-5-7-15-8-6-14/h3-4,11H,2,5-9,13H2,1H3. The van der Waals surface area contributed by atoms with Crippen LogP contribution in [0.3, 0.4) is 0 Å². The van der Waals surface area contributed by atoms with E-state index in [0.29, 0.717) is 6.04 Å². The SMILES string of the molecule is CCc1ccc(C(CN)N2CCSCC2)s1. The van der Waals surface area contributed by atoms with Gasteiger partial charge in [0.1, 0.15) is 0 Å². The maximum Gasteiger partial charge on any atom is 0.0564 e. The number of rotatable bonds is 4. The molecule has 1 unspecified atom stereocenters. The number of nitrogens with zero attached hydrogens (tertiary/aromatic N) is 1. The van der Waals surface area contributed by atoms with Crippen LogP contribution in [0.1, 0.15) is 22.7 Å². The van der Waals surface area contributed by atoms with Crippen molar-refractivity contribution in [3.8, 4) is 0 Å². The second-order valence-electron chi connectivity index (χ2n) is 4.06. The summed E-state index contributed by atoms with van der Waals surface area (Å²) in [4.78, 5) is 5.47. The zero-order chi connectivity index (χ0) is 11.4. The summed E-state index contributed by atoms with van der Waals surface area (Å²) in [5, 5.41) is 0. The second kappa shape index (κ2) is 6.05. The molecular formula is C12H20N2S2. The van der Waals surface area contributed by atoms with Gasteiger partial charge in [0.05, 0.1) is 6.04 Å². The van der Waals surface area contributed by atoms with Crippen molar-refractivity contribution in [3.63, 3.8) is 0 Å². The topological polar surface area (TPSA) is 29.3 Å². The third-order valence-corrected chi connectivity index (χ3v) is 5.34. The second-order valence-corrected chi connectivity index (χ2v) is 6.48. The van der Waals surface area contributed by atoms with Crippen LogP contribution in [0.15, 0.2) is 12.1 Å². The summed E-state index contributed by atoms with van der Waals surface area (Å²) in [6.07, 6.45) is 1.14. The number of hydrogen-bond acceptors (Lipinski definition) is 4. The third-order valence-electron chi connectivity index (χ3n) is 3.07. The van der Waals surface area contributed by atoms with Crippen molar-refractivity contribution in [2.45, 2.75) is 19.4 Å². The summed E-state index contributed by atoms with van der Waals surface area (Å²) in [6, 6.07) is 4.97. The third kappa shape index (κ3) is 2.80. The normalized spacial score (nSPS) is 19.9. The largest absolute Gasteiger partial charge is 0.329 e. The molecule has 1 saturated heterocycles. The molecule has 1 aliphatic heterocycles. The van der Waals surface area contributed by atoms with Crippen LogP contribution < -0.4 is 5.73 Å². The van der Waals surface area contributed by atoms with Gasteiger partial charge in [-0.2, -0.15) is 11.8 Å². The monoisotopic (exact) mass is 256 g/mol. The van der Waals surface area contributed by atoms with Gasteiger partial charge in [-0.3, -0.25) is 4.90 Å². The Bertz CT molecular complexity index is 319. The van der Waals surface area contributed by atoms with E-state index in [2.05, 4.69) is 35.7 Å². The quantitative estimate of drug-likeness (QED) is 0.897. The number of hydrogen-bond donors (Lipinski definition) is 1. The zero-order valence-corrected chi connectivity index (χ0v) is 11.4. The first-order valence-electron chi connectivity index (χ1n) is 5.95. The first-order valence-corrected chi connectivity index (χ1v) is 7.92. The number of thioether (sulfide) groups is 1. The van der Waals surface area contributed by atoms with Gasteiger partial charge in [-0.1, -0.05) is 6.92 Å². The molecule has 2 N–H and O–H groups in total. The van der Waals surface area contributed by atoms with Crippen molar-refractivity contribution >= 4 is 23.1 Å². The summed E-state index contributed by atoms with van der Waals surface area (Å²) in [5.41, 5.74) is 5.94. The van der Waals surface area contributed by atoms with E-state index in [-0.39, 0.29) is 0 Å². The highest BCUT2D eigenvalue weighted by atomic mass is 32.2. The van der Waals surface area contributed by atoms with Gasteiger partial charge in [0.25, 0.3) is 0 Å². The van der Waals surface area contributed by atoms with E-state index >= 15 is 0 Å².